The first-order chi connectivity index (χ1) is 14.0. The van der Waals surface area contributed by atoms with E-state index in [4.69, 9.17) is 9.47 Å². The molecule has 0 radical (unpaired) electrons. The maximum absolute atomic E-state index is 13.9. The van der Waals surface area contributed by atoms with Gasteiger partial charge in [-0.1, -0.05) is 48.0 Å². The highest BCUT2D eigenvalue weighted by Gasteiger charge is 2.13. The van der Waals surface area contributed by atoms with Crippen molar-refractivity contribution in [2.75, 3.05) is 7.11 Å². The van der Waals surface area contributed by atoms with E-state index in [1.807, 2.05) is 49.4 Å². The number of hydrogen-bond acceptors (Lipinski definition) is 3. The molecule has 3 aromatic rings. The van der Waals surface area contributed by atoms with Gasteiger partial charge in [0.05, 0.1) is 22.3 Å². The zero-order chi connectivity index (χ0) is 20.8. The lowest BCUT2D eigenvalue weighted by molar-refractivity contribution is 0.277. The van der Waals surface area contributed by atoms with Crippen LogP contribution in [0.5, 0.6) is 11.5 Å². The van der Waals surface area contributed by atoms with Crippen LogP contribution < -0.4 is 9.47 Å². The van der Waals surface area contributed by atoms with Gasteiger partial charge >= 0.3 is 0 Å². The summed E-state index contributed by atoms with van der Waals surface area (Å²) in [5, 5.41) is 9.59. The normalized spacial score (nSPS) is 11.1. The van der Waals surface area contributed by atoms with Crippen molar-refractivity contribution >= 4 is 34.2 Å². The van der Waals surface area contributed by atoms with Gasteiger partial charge in [0.1, 0.15) is 12.4 Å². The second-order valence-electron chi connectivity index (χ2n) is 6.45. The van der Waals surface area contributed by atoms with E-state index in [0.29, 0.717) is 22.6 Å². The van der Waals surface area contributed by atoms with E-state index < -0.39 is 0 Å². The fourth-order valence-corrected chi connectivity index (χ4v) is 3.59. The van der Waals surface area contributed by atoms with E-state index >= 15 is 0 Å². The summed E-state index contributed by atoms with van der Waals surface area (Å²) in [5.74, 6) is 0.765. The zero-order valence-electron chi connectivity index (χ0n) is 16.1. The Morgan fingerprint density at radius 1 is 1.14 bits per heavy atom. The molecular weight excluding hydrogens is 480 g/mol. The molecule has 0 aliphatic rings. The van der Waals surface area contributed by atoms with E-state index in [1.54, 1.807) is 25.3 Å². The zero-order valence-corrected chi connectivity index (χ0v) is 18.2. The van der Waals surface area contributed by atoms with Gasteiger partial charge in [0.25, 0.3) is 0 Å². The SMILES string of the molecule is COc1cc(/C=C(\C#N)c2ccc(C)cc2)cc(I)c1OCc1ccccc1F. The molecule has 0 saturated heterocycles. The average Bonchev–Trinajstić information content (AvgIpc) is 2.72. The van der Waals surface area contributed by atoms with Gasteiger partial charge in [0.15, 0.2) is 11.5 Å². The number of nitrogens with zero attached hydrogens (tertiary/aromatic N) is 1. The first-order valence-corrected chi connectivity index (χ1v) is 10.0. The minimum Gasteiger partial charge on any atom is -0.493 e. The quantitative estimate of drug-likeness (QED) is 0.224. The van der Waals surface area contributed by atoms with Crippen LogP contribution in [-0.2, 0) is 6.61 Å². The number of benzene rings is 3. The van der Waals surface area contributed by atoms with Crippen LogP contribution in [0, 0.1) is 27.6 Å². The Balaban J connectivity index is 1.90. The molecule has 0 fully saturated rings. The lowest BCUT2D eigenvalue weighted by Gasteiger charge is -2.14. The summed E-state index contributed by atoms with van der Waals surface area (Å²) < 4.78 is 26.0. The molecule has 29 heavy (non-hydrogen) atoms. The third kappa shape index (κ3) is 5.15. The molecule has 0 heterocycles. The average molecular weight is 499 g/mol. The maximum Gasteiger partial charge on any atom is 0.174 e. The topological polar surface area (TPSA) is 42.2 Å². The van der Waals surface area contributed by atoms with Gasteiger partial charge in [0.2, 0.25) is 0 Å². The van der Waals surface area contributed by atoms with E-state index in [-0.39, 0.29) is 12.4 Å². The van der Waals surface area contributed by atoms with E-state index in [2.05, 4.69) is 28.7 Å². The van der Waals surface area contributed by atoms with Crippen LogP contribution in [0.2, 0.25) is 0 Å². The number of rotatable bonds is 6. The van der Waals surface area contributed by atoms with Gasteiger partial charge in [0, 0.05) is 5.56 Å². The van der Waals surface area contributed by atoms with Crippen LogP contribution in [0.4, 0.5) is 4.39 Å². The van der Waals surface area contributed by atoms with E-state index in [0.717, 1.165) is 20.3 Å². The highest BCUT2D eigenvalue weighted by atomic mass is 127. The third-order valence-electron chi connectivity index (χ3n) is 4.38. The van der Waals surface area contributed by atoms with Crippen molar-refractivity contribution in [2.24, 2.45) is 0 Å². The summed E-state index contributed by atoms with van der Waals surface area (Å²) in [7, 11) is 1.56. The molecule has 5 heteroatoms. The molecular formula is C24H19FINO2. The Hall–Kier alpha value is -2.85. The van der Waals surface area contributed by atoms with Gasteiger partial charge in [-0.25, -0.2) is 4.39 Å². The molecule has 3 aromatic carbocycles. The number of methoxy groups -OCH3 is 1. The van der Waals surface area contributed by atoms with Gasteiger partial charge in [-0.3, -0.25) is 0 Å². The number of ether oxygens (including phenoxy) is 2. The first-order valence-electron chi connectivity index (χ1n) is 8.94. The van der Waals surface area contributed by atoms with Crippen LogP contribution in [0.25, 0.3) is 11.6 Å². The van der Waals surface area contributed by atoms with Crippen molar-refractivity contribution in [3.8, 4) is 17.6 Å². The molecule has 0 unspecified atom stereocenters. The third-order valence-corrected chi connectivity index (χ3v) is 5.18. The smallest absolute Gasteiger partial charge is 0.174 e. The van der Waals surface area contributed by atoms with Gasteiger partial charge in [-0.05, 0) is 64.9 Å². The molecule has 146 valence electrons. The molecule has 0 spiro atoms. The van der Waals surface area contributed by atoms with Gasteiger partial charge in [-0.15, -0.1) is 0 Å². The molecule has 3 nitrogen and oxygen atoms in total. The Labute approximate surface area is 183 Å². The van der Waals surface area contributed by atoms with Crippen LogP contribution in [-0.4, -0.2) is 7.11 Å². The highest BCUT2D eigenvalue weighted by molar-refractivity contribution is 14.1. The first kappa shape index (κ1) is 20.9. The lowest BCUT2D eigenvalue weighted by atomic mass is 10.0. The van der Waals surface area contributed by atoms with Crippen molar-refractivity contribution in [2.45, 2.75) is 13.5 Å². The minimum atomic E-state index is -0.308. The number of nitriles is 1. The summed E-state index contributed by atoms with van der Waals surface area (Å²) in [6.45, 7) is 2.10. The largest absolute Gasteiger partial charge is 0.493 e. The van der Waals surface area contributed by atoms with Crippen molar-refractivity contribution in [3.63, 3.8) is 0 Å². The van der Waals surface area contributed by atoms with Crippen molar-refractivity contribution in [1.29, 1.82) is 5.26 Å². The monoisotopic (exact) mass is 499 g/mol. The van der Waals surface area contributed by atoms with E-state index in [9.17, 15) is 9.65 Å². The fraction of sp³-hybridized carbons (Fsp3) is 0.125. The van der Waals surface area contributed by atoms with Crippen molar-refractivity contribution in [1.82, 2.24) is 0 Å². The molecule has 0 bridgehead atoms. The Morgan fingerprint density at radius 3 is 2.52 bits per heavy atom. The predicted molar refractivity (Wildman–Crippen MR) is 121 cm³/mol. The molecule has 0 aromatic heterocycles. The molecule has 0 saturated carbocycles. The Morgan fingerprint density at radius 2 is 1.86 bits per heavy atom. The van der Waals surface area contributed by atoms with Crippen molar-refractivity contribution < 1.29 is 13.9 Å². The Kier molecular flexibility index (Phi) is 6.89. The summed E-state index contributed by atoms with van der Waals surface area (Å²) in [4.78, 5) is 0. The molecule has 0 atom stereocenters. The van der Waals surface area contributed by atoms with Crippen LogP contribution in [0.15, 0.2) is 60.7 Å². The van der Waals surface area contributed by atoms with E-state index in [1.165, 1.54) is 6.07 Å². The summed E-state index contributed by atoms with van der Waals surface area (Å²) in [6.07, 6.45) is 1.82. The molecule has 0 aliphatic carbocycles. The summed E-state index contributed by atoms with van der Waals surface area (Å²) in [5.41, 5.74) is 3.84. The van der Waals surface area contributed by atoms with Gasteiger partial charge in [-0.2, -0.15) is 5.26 Å². The predicted octanol–water partition coefficient (Wildman–Crippen LogP) is 6.39. The van der Waals surface area contributed by atoms with Crippen LogP contribution >= 0.6 is 22.6 Å². The lowest BCUT2D eigenvalue weighted by Crippen LogP contribution is -2.02. The standard InChI is InChI=1S/C24H19FINO2/c1-16-7-9-18(10-8-16)20(14-27)11-17-12-22(26)24(23(13-17)28-2)29-15-19-5-3-4-6-21(19)25/h3-13H,15H2,1-2H3/b20-11+. The van der Waals surface area contributed by atoms with Crippen molar-refractivity contribution in [3.05, 3.63) is 92.3 Å². The van der Waals surface area contributed by atoms with Crippen LogP contribution in [0.1, 0.15) is 22.3 Å². The Bertz CT molecular complexity index is 1090. The number of aryl methyl sites for hydroxylation is 1. The fourth-order valence-electron chi connectivity index (χ4n) is 2.81. The second kappa shape index (κ2) is 9.57. The number of halogens is 2. The minimum absolute atomic E-state index is 0.0982. The summed E-state index contributed by atoms with van der Waals surface area (Å²) >= 11 is 2.15. The molecule has 0 N–H and O–H groups in total. The second-order valence-corrected chi connectivity index (χ2v) is 7.61. The molecule has 0 aliphatic heterocycles. The number of hydrogen-bond donors (Lipinski definition) is 0. The summed E-state index contributed by atoms with van der Waals surface area (Å²) in [6, 6.07) is 20.3. The van der Waals surface area contributed by atoms with Crippen LogP contribution in [0.3, 0.4) is 0 Å². The highest BCUT2D eigenvalue weighted by Crippen LogP contribution is 2.35. The maximum atomic E-state index is 13.9. The van der Waals surface area contributed by atoms with Gasteiger partial charge < -0.3 is 9.47 Å². The molecule has 0 amide bonds. The molecule has 3 rings (SSSR count). The number of allylic oxidation sites excluding steroid dienone is 1.